The number of amides is 2. The highest BCUT2D eigenvalue weighted by molar-refractivity contribution is 7.86. The maximum Gasteiger partial charge on any atom is 0.341 e. The van der Waals surface area contributed by atoms with Crippen LogP contribution in [-0.4, -0.2) is 120 Å². The van der Waals surface area contributed by atoms with Gasteiger partial charge in [-0.1, -0.05) is 119 Å². The first-order valence-corrected chi connectivity index (χ1v) is 34.6. The number of allylic oxidation sites excluding steroid dienone is 5. The first-order valence-electron chi connectivity index (χ1n) is 28.0. The molecule has 0 radical (unpaired) electrons. The molecule has 23 heteroatoms. The van der Waals surface area contributed by atoms with Crippen molar-refractivity contribution in [1.82, 2.24) is 10.6 Å². The van der Waals surface area contributed by atoms with Gasteiger partial charge in [0.1, 0.15) is 0 Å². The summed E-state index contributed by atoms with van der Waals surface area (Å²) in [5, 5.41) is 7.24. The van der Waals surface area contributed by atoms with Crippen LogP contribution in [0.15, 0.2) is 127 Å². The maximum absolute atomic E-state index is 13.5. The molecule has 2 amide bonds. The summed E-state index contributed by atoms with van der Waals surface area (Å²) in [5.41, 5.74) is 8.48. The molecule has 1 aliphatic carbocycles. The van der Waals surface area contributed by atoms with Crippen LogP contribution in [0.3, 0.4) is 0 Å². The summed E-state index contributed by atoms with van der Waals surface area (Å²) in [6.07, 6.45) is 10.7. The highest BCUT2D eigenvalue weighted by atomic mass is 32.2. The smallest absolute Gasteiger partial charge is 0.341 e. The molecule has 83 heavy (non-hydrogen) atoms. The lowest BCUT2D eigenvalue weighted by Crippen LogP contribution is -2.40. The van der Waals surface area contributed by atoms with Crippen LogP contribution in [0.25, 0.3) is 27.1 Å². The van der Waals surface area contributed by atoms with E-state index in [2.05, 4.69) is 115 Å². The highest BCUT2D eigenvalue weighted by Crippen LogP contribution is 2.61. The molecule has 0 saturated heterocycles. The van der Waals surface area contributed by atoms with Crippen molar-refractivity contribution in [1.29, 1.82) is 0 Å². The summed E-state index contributed by atoms with van der Waals surface area (Å²) >= 11 is 0. The fourth-order valence-electron chi connectivity index (χ4n) is 12.5. The third-order valence-corrected chi connectivity index (χ3v) is 21.6. The lowest BCUT2D eigenvalue weighted by atomic mass is 9.75. The monoisotopic (exact) mass is 1220 g/mol. The molecule has 19 nitrogen and oxygen atoms in total. The quantitative estimate of drug-likeness (QED) is 0.0145. The van der Waals surface area contributed by atoms with E-state index >= 15 is 0 Å². The summed E-state index contributed by atoms with van der Waals surface area (Å²) in [5.74, 6) is -1.95. The van der Waals surface area contributed by atoms with E-state index in [1.165, 1.54) is 11.1 Å². The molecule has 2 heterocycles. The number of carbonyl (C=O) groups excluding carboxylic acids is 2. The predicted molar refractivity (Wildman–Crippen MR) is 325 cm³/mol. The number of rotatable bonds is 26. The Balaban J connectivity index is 1.08. The van der Waals surface area contributed by atoms with Crippen LogP contribution in [0.1, 0.15) is 113 Å². The lowest BCUT2D eigenvalue weighted by Gasteiger charge is -2.33. The fraction of sp³-hybridized carbons (Fsp3) is 0.433. The van der Waals surface area contributed by atoms with Crippen molar-refractivity contribution in [2.75, 3.05) is 60.7 Å². The van der Waals surface area contributed by atoms with Gasteiger partial charge in [0.15, 0.2) is 5.40 Å². The largest absolute Gasteiger partial charge is 0.378 e. The van der Waals surface area contributed by atoms with Gasteiger partial charge in [-0.15, -0.1) is 0 Å². The Bertz CT molecular complexity index is 3630. The number of anilines is 2. The Kier molecular flexibility index (Phi) is 19.9. The molecular weight excluding hydrogens is 1140 g/mol. The summed E-state index contributed by atoms with van der Waals surface area (Å²) < 4.78 is 94.9. The predicted octanol–water partition coefficient (Wildman–Crippen LogP) is 9.61. The Morgan fingerprint density at radius 3 is 1.89 bits per heavy atom. The van der Waals surface area contributed by atoms with Crippen molar-refractivity contribution >= 4 is 85.7 Å². The van der Waals surface area contributed by atoms with Gasteiger partial charge in [0.2, 0.25) is 5.91 Å². The zero-order valence-electron chi connectivity index (χ0n) is 47.2. The van der Waals surface area contributed by atoms with Gasteiger partial charge in [0, 0.05) is 59.6 Å². The van der Waals surface area contributed by atoms with Crippen molar-refractivity contribution in [3.8, 4) is 0 Å². The van der Waals surface area contributed by atoms with E-state index in [1.54, 1.807) is 12.1 Å². The van der Waals surface area contributed by atoms with Crippen LogP contribution in [0.5, 0.6) is 0 Å². The Morgan fingerprint density at radius 1 is 0.723 bits per heavy atom. The second-order valence-corrected chi connectivity index (χ2v) is 30.0. The SMILES string of the molecule is CC1(C)C(=CCC2CCCC(C=CC3N(CCCCS(=O)(=O)O)c4ccc5ccccc5c4C3(C)C)=C2c2ccc(C(=O)NCCOCCNC(=O)CC(P(=O)(O)O)P(=O)(O)O)cc2)N(CCCCS(=O)(=O)O)c2ccc3ccccc3c21. The normalized spacial score (nSPS) is 18.7. The van der Waals surface area contributed by atoms with Crippen LogP contribution < -0.4 is 20.4 Å². The third-order valence-electron chi connectivity index (χ3n) is 16.3. The zero-order chi connectivity index (χ0) is 60.1. The van der Waals surface area contributed by atoms with Gasteiger partial charge >= 0.3 is 15.2 Å². The minimum Gasteiger partial charge on any atom is -0.378 e. The molecule has 0 spiro atoms. The average Bonchev–Trinajstić information content (AvgIpc) is 1.79. The second-order valence-electron chi connectivity index (χ2n) is 22.9. The van der Waals surface area contributed by atoms with E-state index in [-0.39, 0.29) is 61.1 Å². The summed E-state index contributed by atoms with van der Waals surface area (Å²) in [6.45, 7) is 10.1. The molecule has 2 unspecified atom stereocenters. The number of nitrogens with zero attached hydrogens (tertiary/aromatic N) is 2. The molecular formula is C60H76N4O15P2S2. The molecule has 0 fully saturated rings. The van der Waals surface area contributed by atoms with E-state index in [9.17, 15) is 64.2 Å². The third kappa shape index (κ3) is 15.3. The summed E-state index contributed by atoms with van der Waals surface area (Å²) in [4.78, 5) is 67.7. The van der Waals surface area contributed by atoms with Gasteiger partial charge < -0.3 is 44.7 Å². The number of nitrogens with one attached hydrogen (secondary N) is 2. The van der Waals surface area contributed by atoms with E-state index in [0.717, 1.165) is 74.6 Å². The first-order chi connectivity index (χ1) is 39.1. The number of fused-ring (bicyclic) bond motifs is 6. The van der Waals surface area contributed by atoms with Crippen molar-refractivity contribution in [3.05, 3.63) is 149 Å². The number of carbonyl (C=O) groups is 2. The highest BCUT2D eigenvalue weighted by Gasteiger charge is 2.46. The zero-order valence-corrected chi connectivity index (χ0v) is 50.6. The average molecular weight is 1220 g/mol. The fourth-order valence-corrected chi connectivity index (χ4v) is 16.0. The molecule has 8 rings (SSSR count). The molecule has 0 saturated carbocycles. The topological polar surface area (TPSA) is 298 Å². The van der Waals surface area contributed by atoms with Crippen molar-refractivity contribution < 1.29 is 69.0 Å². The van der Waals surface area contributed by atoms with E-state index in [0.29, 0.717) is 50.8 Å². The van der Waals surface area contributed by atoms with Crippen LogP contribution in [0.2, 0.25) is 0 Å². The number of hydrogen-bond acceptors (Lipinski definition) is 11. The Morgan fingerprint density at radius 2 is 1.29 bits per heavy atom. The van der Waals surface area contributed by atoms with E-state index < -0.39 is 58.6 Å². The molecule has 448 valence electrons. The summed E-state index contributed by atoms with van der Waals surface area (Å²) in [7, 11) is -18.8. The van der Waals surface area contributed by atoms with Crippen molar-refractivity contribution in [2.24, 2.45) is 5.92 Å². The first kappa shape index (κ1) is 63.5. The number of unbranched alkanes of at least 4 members (excludes halogenated alkanes) is 2. The van der Waals surface area contributed by atoms with E-state index in [4.69, 9.17) is 4.74 Å². The molecule has 5 aromatic carbocycles. The van der Waals surface area contributed by atoms with Gasteiger partial charge in [-0.3, -0.25) is 27.8 Å². The summed E-state index contributed by atoms with van der Waals surface area (Å²) in [6, 6.07) is 32.6. The molecule has 3 aliphatic rings. The molecule has 2 aliphatic heterocycles. The van der Waals surface area contributed by atoms with Gasteiger partial charge in [-0.05, 0) is 131 Å². The number of benzene rings is 5. The van der Waals surface area contributed by atoms with Gasteiger partial charge in [-0.25, -0.2) is 0 Å². The standard InChI is InChI=1S/C60H76N4O15P2S2/c1-59(2)51(63(34-9-11-38-82(73,74)75)49-28-24-41-14-5-7-18-47(41)56(49)59)30-26-43-16-13-17-44(27-31-52-60(3,4)57-48-19-8-6-15-42(48)25-29-50(57)64(52)35-10-12-39-83(76,77)78)55(43)45-20-22-46(23-21-45)58(66)62-33-37-79-36-32-61-53(65)40-54(80(67,68)69)81(70,71)72/h5-8,14-15,18-26,28-31,44,51,54H,9-13,16-17,27,32-40H2,1-4H3,(H,61,65)(H,62,66)(H2,67,68,69)(H2,70,71,72)(H,73,74,75)(H,76,77,78). The lowest BCUT2D eigenvalue weighted by molar-refractivity contribution is -0.121. The number of ether oxygens (including phenoxy) is 1. The molecule has 0 bridgehead atoms. The molecule has 5 aromatic rings. The van der Waals surface area contributed by atoms with Crippen LogP contribution in [-0.2, 0) is 49.7 Å². The molecule has 0 aromatic heterocycles. The van der Waals surface area contributed by atoms with E-state index in [1.807, 2.05) is 36.4 Å². The van der Waals surface area contributed by atoms with Crippen molar-refractivity contribution in [2.45, 2.75) is 108 Å². The Hall–Kier alpha value is -5.54. The molecule has 2 atom stereocenters. The van der Waals surface area contributed by atoms with Crippen LogP contribution in [0.4, 0.5) is 11.4 Å². The second kappa shape index (κ2) is 26.0. The van der Waals surface area contributed by atoms with Gasteiger partial charge in [-0.2, -0.15) is 16.8 Å². The molecule has 8 N–H and O–H groups in total. The number of hydrogen-bond donors (Lipinski definition) is 8. The maximum atomic E-state index is 13.5. The van der Waals surface area contributed by atoms with Crippen LogP contribution >= 0.6 is 15.2 Å². The van der Waals surface area contributed by atoms with Gasteiger partial charge in [0.05, 0.1) is 37.2 Å². The van der Waals surface area contributed by atoms with Gasteiger partial charge in [0.25, 0.3) is 26.1 Å². The minimum atomic E-state index is -5.27. The Labute approximate surface area is 486 Å². The van der Waals surface area contributed by atoms with Crippen LogP contribution in [0, 0.1) is 5.92 Å². The van der Waals surface area contributed by atoms with Crippen molar-refractivity contribution in [3.63, 3.8) is 0 Å². The minimum absolute atomic E-state index is 0.0306.